The van der Waals surface area contributed by atoms with Crippen LogP contribution in [-0.2, 0) is 16.1 Å². The summed E-state index contributed by atoms with van der Waals surface area (Å²) in [5, 5.41) is 8.22. The van der Waals surface area contributed by atoms with E-state index in [1.165, 1.54) is 7.11 Å². The van der Waals surface area contributed by atoms with Crippen LogP contribution < -0.4 is 5.32 Å². The third kappa shape index (κ3) is 3.85. The summed E-state index contributed by atoms with van der Waals surface area (Å²) in [6, 6.07) is 12.7. The first kappa shape index (κ1) is 16.7. The average Bonchev–Trinajstić information content (AvgIpc) is 3.02. The molecule has 1 heterocycles. The smallest absolute Gasteiger partial charge is 0.337 e. The number of carbonyl (C=O) groups is 2. The van der Waals surface area contributed by atoms with Crippen molar-refractivity contribution in [3.8, 4) is 0 Å². The second kappa shape index (κ2) is 7.17. The normalized spacial score (nSPS) is 10.6. The minimum atomic E-state index is -0.404. The number of amides is 1. The Bertz CT molecular complexity index is 913. The number of ether oxygens (including phenoxy) is 1. The first-order valence-electron chi connectivity index (χ1n) is 7.97. The second-order valence-corrected chi connectivity index (χ2v) is 5.80. The molecule has 0 saturated carbocycles. The van der Waals surface area contributed by atoms with Crippen molar-refractivity contribution in [3.05, 3.63) is 59.8 Å². The second-order valence-electron chi connectivity index (χ2n) is 5.80. The van der Waals surface area contributed by atoms with Crippen molar-refractivity contribution in [2.45, 2.75) is 19.9 Å². The van der Waals surface area contributed by atoms with E-state index in [1.54, 1.807) is 30.5 Å². The Morgan fingerprint density at radius 2 is 1.92 bits per heavy atom. The number of rotatable bonds is 5. The Morgan fingerprint density at radius 1 is 1.16 bits per heavy atom. The van der Waals surface area contributed by atoms with Gasteiger partial charge in [0.25, 0.3) is 0 Å². The number of hydrogen-bond donors (Lipinski definition) is 1. The predicted molar refractivity (Wildman–Crippen MR) is 95.5 cm³/mol. The molecule has 0 bridgehead atoms. The zero-order valence-corrected chi connectivity index (χ0v) is 14.2. The minimum Gasteiger partial charge on any atom is -0.465 e. The van der Waals surface area contributed by atoms with E-state index in [0.29, 0.717) is 24.2 Å². The van der Waals surface area contributed by atoms with Crippen molar-refractivity contribution in [1.29, 1.82) is 0 Å². The van der Waals surface area contributed by atoms with E-state index in [1.807, 2.05) is 23.7 Å². The number of aromatic nitrogens is 2. The number of anilines is 1. The number of benzene rings is 2. The standard InChI is InChI=1S/C19H19N3O3/c1-13-3-4-15-12-20-22(17(15)11-13)10-9-18(23)21-16-7-5-14(6-8-16)19(24)25-2/h3-8,11-12H,9-10H2,1-2H3,(H,21,23). The lowest BCUT2D eigenvalue weighted by atomic mass is 10.2. The van der Waals surface area contributed by atoms with Gasteiger partial charge in [0.05, 0.1) is 30.9 Å². The van der Waals surface area contributed by atoms with Gasteiger partial charge in [0.1, 0.15) is 0 Å². The number of hydrogen-bond acceptors (Lipinski definition) is 4. The van der Waals surface area contributed by atoms with E-state index in [-0.39, 0.29) is 5.91 Å². The van der Waals surface area contributed by atoms with E-state index in [9.17, 15) is 9.59 Å². The van der Waals surface area contributed by atoms with Crippen LogP contribution in [0.25, 0.3) is 10.9 Å². The van der Waals surface area contributed by atoms with Gasteiger partial charge in [-0.25, -0.2) is 4.79 Å². The summed E-state index contributed by atoms with van der Waals surface area (Å²) in [7, 11) is 1.33. The van der Waals surface area contributed by atoms with Crippen molar-refractivity contribution in [2.75, 3.05) is 12.4 Å². The summed E-state index contributed by atoms with van der Waals surface area (Å²) in [6.45, 7) is 2.53. The van der Waals surface area contributed by atoms with Crippen LogP contribution in [-0.4, -0.2) is 28.8 Å². The van der Waals surface area contributed by atoms with Crippen LogP contribution in [0.4, 0.5) is 5.69 Å². The van der Waals surface area contributed by atoms with Crippen molar-refractivity contribution in [2.24, 2.45) is 0 Å². The lowest BCUT2D eigenvalue weighted by Gasteiger charge is -2.07. The van der Waals surface area contributed by atoms with E-state index in [4.69, 9.17) is 0 Å². The Balaban J connectivity index is 1.60. The van der Waals surface area contributed by atoms with Gasteiger partial charge in [0.15, 0.2) is 0 Å². The van der Waals surface area contributed by atoms with E-state index >= 15 is 0 Å². The Hall–Kier alpha value is -3.15. The maximum atomic E-state index is 12.1. The van der Waals surface area contributed by atoms with Gasteiger partial charge in [0.2, 0.25) is 5.91 Å². The lowest BCUT2D eigenvalue weighted by Crippen LogP contribution is -2.15. The summed E-state index contributed by atoms with van der Waals surface area (Å²) in [6.07, 6.45) is 2.11. The van der Waals surface area contributed by atoms with E-state index in [0.717, 1.165) is 16.5 Å². The lowest BCUT2D eigenvalue weighted by molar-refractivity contribution is -0.116. The molecule has 1 amide bonds. The number of methoxy groups -OCH3 is 1. The van der Waals surface area contributed by atoms with Crippen molar-refractivity contribution in [1.82, 2.24) is 9.78 Å². The average molecular weight is 337 g/mol. The molecule has 0 aliphatic carbocycles. The van der Waals surface area contributed by atoms with Crippen LogP contribution in [0, 0.1) is 6.92 Å². The molecule has 0 aliphatic rings. The highest BCUT2D eigenvalue weighted by Crippen LogP contribution is 2.16. The van der Waals surface area contributed by atoms with Crippen LogP contribution in [0.2, 0.25) is 0 Å². The van der Waals surface area contributed by atoms with Crippen molar-refractivity contribution in [3.63, 3.8) is 0 Å². The van der Waals surface area contributed by atoms with Gasteiger partial charge in [-0.2, -0.15) is 5.10 Å². The third-order valence-electron chi connectivity index (χ3n) is 3.94. The Kier molecular flexibility index (Phi) is 4.79. The van der Waals surface area contributed by atoms with Crippen LogP contribution in [0.5, 0.6) is 0 Å². The summed E-state index contributed by atoms with van der Waals surface area (Å²) in [5.74, 6) is -0.513. The SMILES string of the molecule is COC(=O)c1ccc(NC(=O)CCn2ncc3ccc(C)cc32)cc1. The molecule has 6 heteroatoms. The largest absolute Gasteiger partial charge is 0.465 e. The first-order valence-corrected chi connectivity index (χ1v) is 7.97. The fourth-order valence-corrected chi connectivity index (χ4v) is 2.60. The summed E-state index contributed by atoms with van der Waals surface area (Å²) in [5.41, 5.74) is 3.26. The Morgan fingerprint density at radius 3 is 2.64 bits per heavy atom. The van der Waals surface area contributed by atoms with Crippen LogP contribution in [0.3, 0.4) is 0 Å². The highest BCUT2D eigenvalue weighted by Gasteiger charge is 2.08. The number of carbonyl (C=O) groups excluding carboxylic acids is 2. The summed E-state index contributed by atoms with van der Waals surface area (Å²) in [4.78, 5) is 23.5. The van der Waals surface area contributed by atoms with Gasteiger partial charge in [-0.05, 0) is 42.8 Å². The maximum absolute atomic E-state index is 12.1. The zero-order valence-electron chi connectivity index (χ0n) is 14.2. The molecular weight excluding hydrogens is 318 g/mol. The van der Waals surface area contributed by atoms with Gasteiger partial charge in [-0.1, -0.05) is 12.1 Å². The van der Waals surface area contributed by atoms with Crippen molar-refractivity contribution >= 4 is 28.5 Å². The molecule has 0 atom stereocenters. The molecule has 128 valence electrons. The highest BCUT2D eigenvalue weighted by atomic mass is 16.5. The van der Waals surface area contributed by atoms with Gasteiger partial charge < -0.3 is 10.1 Å². The molecule has 0 radical (unpaired) electrons. The van der Waals surface area contributed by atoms with Crippen LogP contribution in [0.15, 0.2) is 48.7 Å². The molecule has 1 aromatic heterocycles. The predicted octanol–water partition coefficient (Wildman–Crippen LogP) is 3.16. The summed E-state index contributed by atoms with van der Waals surface area (Å²) >= 11 is 0. The highest BCUT2D eigenvalue weighted by molar-refractivity contribution is 5.93. The molecule has 2 aromatic carbocycles. The molecule has 3 aromatic rings. The molecule has 0 aliphatic heterocycles. The van der Waals surface area contributed by atoms with Gasteiger partial charge in [-0.15, -0.1) is 0 Å². The number of fused-ring (bicyclic) bond motifs is 1. The minimum absolute atomic E-state index is 0.109. The monoisotopic (exact) mass is 337 g/mol. The molecule has 0 fully saturated rings. The molecular formula is C19H19N3O3. The van der Waals surface area contributed by atoms with Gasteiger partial charge in [-0.3, -0.25) is 9.48 Å². The number of esters is 1. The number of nitrogens with one attached hydrogen (secondary N) is 1. The van der Waals surface area contributed by atoms with Crippen molar-refractivity contribution < 1.29 is 14.3 Å². The summed E-state index contributed by atoms with van der Waals surface area (Å²) < 4.78 is 6.48. The van der Waals surface area contributed by atoms with E-state index in [2.05, 4.69) is 21.2 Å². The van der Waals surface area contributed by atoms with Crippen LogP contribution >= 0.6 is 0 Å². The molecule has 0 spiro atoms. The quantitative estimate of drug-likeness (QED) is 0.726. The Labute approximate surface area is 145 Å². The molecule has 3 rings (SSSR count). The number of aryl methyl sites for hydroxylation is 2. The molecule has 0 unspecified atom stereocenters. The molecule has 25 heavy (non-hydrogen) atoms. The third-order valence-corrected chi connectivity index (χ3v) is 3.94. The maximum Gasteiger partial charge on any atom is 0.337 e. The number of nitrogens with zero attached hydrogens (tertiary/aromatic N) is 2. The molecule has 1 N–H and O–H groups in total. The van der Waals surface area contributed by atoms with E-state index < -0.39 is 5.97 Å². The fourth-order valence-electron chi connectivity index (χ4n) is 2.60. The van der Waals surface area contributed by atoms with Gasteiger partial charge in [0, 0.05) is 17.5 Å². The van der Waals surface area contributed by atoms with Crippen LogP contribution in [0.1, 0.15) is 22.3 Å². The fraction of sp³-hybridized carbons (Fsp3) is 0.211. The zero-order chi connectivity index (χ0) is 17.8. The van der Waals surface area contributed by atoms with Gasteiger partial charge >= 0.3 is 5.97 Å². The topological polar surface area (TPSA) is 73.2 Å². The molecule has 0 saturated heterocycles. The molecule has 6 nitrogen and oxygen atoms in total. The first-order chi connectivity index (χ1) is 12.1.